The number of nitrogens with zero attached hydrogens (tertiary/aromatic N) is 2. The number of esters is 1. The summed E-state index contributed by atoms with van der Waals surface area (Å²) >= 11 is 1.81. The summed E-state index contributed by atoms with van der Waals surface area (Å²) in [5, 5.41) is 0. The van der Waals surface area contributed by atoms with E-state index in [1.54, 1.807) is 11.8 Å². The topological polar surface area (TPSA) is 49.9 Å². The molecule has 0 saturated carbocycles. The van der Waals surface area contributed by atoms with Gasteiger partial charge in [-0.1, -0.05) is 12.1 Å². The molecule has 0 N–H and O–H groups in total. The Hall–Kier alpha value is -1.53. The maximum absolute atomic E-state index is 13.1. The summed E-state index contributed by atoms with van der Waals surface area (Å²) < 4.78 is 5.12. The zero-order valence-electron chi connectivity index (χ0n) is 14.9. The first kappa shape index (κ1) is 18.3. The Labute approximate surface area is 153 Å². The molecule has 0 radical (unpaired) electrons. The van der Waals surface area contributed by atoms with Gasteiger partial charge in [0.05, 0.1) is 24.3 Å². The molecule has 6 heteroatoms. The number of piperidine rings is 1. The molecular formula is C19H26N2O3S. The lowest BCUT2D eigenvalue weighted by Crippen LogP contribution is -2.51. The van der Waals surface area contributed by atoms with Gasteiger partial charge in [-0.15, -0.1) is 11.8 Å². The highest BCUT2D eigenvalue weighted by atomic mass is 32.2. The fourth-order valence-corrected chi connectivity index (χ4v) is 4.56. The number of thioether (sulfide) groups is 1. The van der Waals surface area contributed by atoms with Crippen LogP contribution in [0.5, 0.6) is 0 Å². The van der Waals surface area contributed by atoms with Crippen LogP contribution < -0.4 is 4.90 Å². The normalized spacial score (nSPS) is 20.0. The van der Waals surface area contributed by atoms with Crippen LogP contribution in [0, 0.1) is 5.92 Å². The second-order valence-corrected chi connectivity index (χ2v) is 7.68. The van der Waals surface area contributed by atoms with Crippen molar-refractivity contribution in [2.75, 3.05) is 36.9 Å². The standard InChI is InChI=1S/C19H26N2O3S/c1-3-24-19(23)15-8-10-20(11-9-15)14(2)18(22)21-12-13-25-17-7-5-4-6-16(17)21/h4-7,14-15H,3,8-13H2,1-2H3. The van der Waals surface area contributed by atoms with Crippen molar-refractivity contribution in [1.82, 2.24) is 4.90 Å². The largest absolute Gasteiger partial charge is 0.466 e. The zero-order valence-corrected chi connectivity index (χ0v) is 15.8. The van der Waals surface area contributed by atoms with E-state index in [4.69, 9.17) is 4.74 Å². The fraction of sp³-hybridized carbons (Fsp3) is 0.579. The van der Waals surface area contributed by atoms with Gasteiger partial charge in [-0.3, -0.25) is 14.5 Å². The van der Waals surface area contributed by atoms with E-state index in [0.717, 1.165) is 43.9 Å². The summed E-state index contributed by atoms with van der Waals surface area (Å²) in [6, 6.07) is 7.94. The van der Waals surface area contributed by atoms with Crippen molar-refractivity contribution in [1.29, 1.82) is 0 Å². The highest BCUT2D eigenvalue weighted by molar-refractivity contribution is 7.99. The lowest BCUT2D eigenvalue weighted by Gasteiger charge is -2.38. The van der Waals surface area contributed by atoms with Crippen LogP contribution in [0.2, 0.25) is 0 Å². The maximum Gasteiger partial charge on any atom is 0.309 e. The smallest absolute Gasteiger partial charge is 0.309 e. The van der Waals surface area contributed by atoms with E-state index in [1.807, 2.05) is 36.9 Å². The number of carbonyl (C=O) groups excluding carboxylic acids is 2. The van der Waals surface area contributed by atoms with Crippen molar-refractivity contribution in [3.63, 3.8) is 0 Å². The highest BCUT2D eigenvalue weighted by Crippen LogP contribution is 2.35. The zero-order chi connectivity index (χ0) is 17.8. The van der Waals surface area contributed by atoms with Crippen LogP contribution in [0.25, 0.3) is 0 Å². The predicted molar refractivity (Wildman–Crippen MR) is 99.9 cm³/mol. The third-order valence-electron chi connectivity index (χ3n) is 5.05. The maximum atomic E-state index is 13.1. The molecular weight excluding hydrogens is 336 g/mol. The summed E-state index contributed by atoms with van der Waals surface area (Å²) in [4.78, 5) is 30.2. The molecule has 2 heterocycles. The molecule has 1 amide bonds. The van der Waals surface area contributed by atoms with Gasteiger partial charge in [0.2, 0.25) is 5.91 Å². The van der Waals surface area contributed by atoms with Crippen LogP contribution in [-0.2, 0) is 14.3 Å². The Morgan fingerprint density at radius 3 is 2.68 bits per heavy atom. The van der Waals surface area contributed by atoms with E-state index in [-0.39, 0.29) is 23.8 Å². The monoisotopic (exact) mass is 362 g/mol. The SMILES string of the molecule is CCOC(=O)C1CCN(C(C)C(=O)N2CCSc3ccccc32)CC1. The second kappa shape index (κ2) is 8.23. The Balaban J connectivity index is 1.62. The quantitative estimate of drug-likeness (QED) is 0.771. The Kier molecular flexibility index (Phi) is 6.02. The van der Waals surface area contributed by atoms with E-state index in [2.05, 4.69) is 11.0 Å². The van der Waals surface area contributed by atoms with Crippen LogP contribution in [0.3, 0.4) is 0 Å². The van der Waals surface area contributed by atoms with Gasteiger partial charge in [0.1, 0.15) is 0 Å². The molecule has 1 saturated heterocycles. The number of hydrogen-bond acceptors (Lipinski definition) is 5. The van der Waals surface area contributed by atoms with Gasteiger partial charge in [-0.2, -0.15) is 0 Å². The van der Waals surface area contributed by atoms with Crippen LogP contribution in [0.15, 0.2) is 29.2 Å². The summed E-state index contributed by atoms with van der Waals surface area (Å²) in [6.07, 6.45) is 1.53. The molecule has 2 aliphatic rings. The Morgan fingerprint density at radius 1 is 1.24 bits per heavy atom. The summed E-state index contributed by atoms with van der Waals surface area (Å²) in [6.45, 7) is 6.53. The van der Waals surface area contributed by atoms with Gasteiger partial charge in [-0.25, -0.2) is 0 Å². The first-order valence-electron chi connectivity index (χ1n) is 9.05. The minimum Gasteiger partial charge on any atom is -0.466 e. The van der Waals surface area contributed by atoms with Gasteiger partial charge in [-0.05, 0) is 51.9 Å². The molecule has 0 bridgehead atoms. The molecule has 1 atom stereocenters. The van der Waals surface area contributed by atoms with Crippen LogP contribution in [-0.4, -0.2) is 54.8 Å². The van der Waals surface area contributed by atoms with Crippen molar-refractivity contribution in [2.45, 2.75) is 37.6 Å². The minimum atomic E-state index is -0.167. The molecule has 1 unspecified atom stereocenters. The number of amides is 1. The molecule has 1 aromatic rings. The van der Waals surface area contributed by atoms with Gasteiger partial charge in [0.25, 0.3) is 0 Å². The Bertz CT molecular complexity index is 629. The van der Waals surface area contributed by atoms with Gasteiger partial charge in [0, 0.05) is 17.2 Å². The number of benzene rings is 1. The predicted octanol–water partition coefficient (Wildman–Crippen LogP) is 2.79. The molecule has 0 aliphatic carbocycles. The molecule has 136 valence electrons. The molecule has 2 aliphatic heterocycles. The van der Waals surface area contributed by atoms with Gasteiger partial charge in [0.15, 0.2) is 0 Å². The minimum absolute atomic E-state index is 0.0226. The van der Waals surface area contributed by atoms with Crippen molar-refractivity contribution in [2.24, 2.45) is 5.92 Å². The fourth-order valence-electron chi connectivity index (χ4n) is 3.56. The average Bonchev–Trinajstić information content (AvgIpc) is 2.66. The number of rotatable bonds is 4. The third kappa shape index (κ3) is 4.01. The summed E-state index contributed by atoms with van der Waals surface area (Å²) in [5.74, 6) is 0.969. The van der Waals surface area contributed by atoms with Crippen molar-refractivity contribution in [3.05, 3.63) is 24.3 Å². The van der Waals surface area contributed by atoms with E-state index in [9.17, 15) is 9.59 Å². The summed E-state index contributed by atoms with van der Waals surface area (Å²) in [5.41, 5.74) is 1.03. The number of hydrogen-bond donors (Lipinski definition) is 0. The van der Waals surface area contributed by atoms with Gasteiger partial charge >= 0.3 is 5.97 Å². The van der Waals surface area contributed by atoms with Crippen LogP contribution in [0.4, 0.5) is 5.69 Å². The number of likely N-dealkylation sites (tertiary alicyclic amines) is 1. The molecule has 1 fully saturated rings. The van der Waals surface area contributed by atoms with Crippen molar-refractivity contribution >= 4 is 29.3 Å². The number of fused-ring (bicyclic) bond motifs is 1. The molecule has 3 rings (SSSR count). The average molecular weight is 362 g/mol. The third-order valence-corrected chi connectivity index (χ3v) is 6.09. The molecule has 1 aromatic carbocycles. The van der Waals surface area contributed by atoms with Crippen LogP contribution >= 0.6 is 11.8 Å². The van der Waals surface area contributed by atoms with Crippen LogP contribution in [0.1, 0.15) is 26.7 Å². The van der Waals surface area contributed by atoms with E-state index in [0.29, 0.717) is 6.61 Å². The summed E-state index contributed by atoms with van der Waals surface area (Å²) in [7, 11) is 0. The Morgan fingerprint density at radius 2 is 1.96 bits per heavy atom. The number of anilines is 1. The lowest BCUT2D eigenvalue weighted by atomic mass is 9.96. The first-order valence-corrected chi connectivity index (χ1v) is 10.0. The van der Waals surface area contributed by atoms with Crippen molar-refractivity contribution < 1.29 is 14.3 Å². The molecule has 0 aromatic heterocycles. The number of para-hydroxylation sites is 1. The second-order valence-electron chi connectivity index (χ2n) is 6.54. The highest BCUT2D eigenvalue weighted by Gasteiger charge is 2.33. The van der Waals surface area contributed by atoms with E-state index in [1.165, 1.54) is 4.90 Å². The molecule has 0 spiro atoms. The van der Waals surface area contributed by atoms with Gasteiger partial charge < -0.3 is 9.64 Å². The molecule has 5 nitrogen and oxygen atoms in total. The van der Waals surface area contributed by atoms with E-state index >= 15 is 0 Å². The number of ether oxygens (including phenoxy) is 1. The number of carbonyl (C=O) groups is 2. The molecule has 25 heavy (non-hydrogen) atoms. The first-order chi connectivity index (χ1) is 12.1. The van der Waals surface area contributed by atoms with E-state index < -0.39 is 0 Å². The van der Waals surface area contributed by atoms with Crippen molar-refractivity contribution in [3.8, 4) is 0 Å². The lowest BCUT2D eigenvalue weighted by molar-refractivity contribution is -0.149.